The molecule has 1 aliphatic heterocycles. The van der Waals surface area contributed by atoms with Crippen LogP contribution in [0.1, 0.15) is 24.4 Å². The smallest absolute Gasteiger partial charge is 0.269 e. The van der Waals surface area contributed by atoms with E-state index in [-0.39, 0.29) is 23.7 Å². The molecule has 1 aromatic rings. The predicted molar refractivity (Wildman–Crippen MR) is 76.6 cm³/mol. The van der Waals surface area contributed by atoms with Gasteiger partial charge in [0.2, 0.25) is 5.91 Å². The maximum Gasteiger partial charge on any atom is 0.269 e. The van der Waals surface area contributed by atoms with E-state index >= 15 is 0 Å². The Morgan fingerprint density at radius 3 is 2.67 bits per heavy atom. The van der Waals surface area contributed by atoms with Crippen molar-refractivity contribution in [3.63, 3.8) is 0 Å². The second-order valence-corrected chi connectivity index (χ2v) is 5.08. The first-order valence-electron chi connectivity index (χ1n) is 6.83. The highest BCUT2D eigenvalue weighted by atomic mass is 16.6. The highest BCUT2D eigenvalue weighted by Gasteiger charge is 2.34. The molecular formula is C14H19N3O4. The molecule has 0 saturated carbocycles. The molecule has 0 bridgehead atoms. The van der Waals surface area contributed by atoms with Gasteiger partial charge in [0.25, 0.3) is 5.69 Å². The van der Waals surface area contributed by atoms with Gasteiger partial charge in [0.15, 0.2) is 0 Å². The average molecular weight is 293 g/mol. The Morgan fingerprint density at radius 1 is 1.43 bits per heavy atom. The summed E-state index contributed by atoms with van der Waals surface area (Å²) in [4.78, 5) is 24.1. The number of piperidine rings is 1. The number of nitro benzene ring substituents is 1. The van der Waals surface area contributed by atoms with Crippen molar-refractivity contribution in [2.75, 3.05) is 20.3 Å². The van der Waals surface area contributed by atoms with Crippen molar-refractivity contribution in [3.05, 3.63) is 39.9 Å². The molecule has 1 saturated heterocycles. The van der Waals surface area contributed by atoms with E-state index in [9.17, 15) is 14.9 Å². The Labute approximate surface area is 122 Å². The first-order chi connectivity index (χ1) is 10.0. The van der Waals surface area contributed by atoms with Crippen molar-refractivity contribution in [3.8, 4) is 0 Å². The molecule has 0 spiro atoms. The zero-order valence-electron chi connectivity index (χ0n) is 11.9. The number of hydrogen-bond acceptors (Lipinski definition) is 5. The lowest BCUT2D eigenvalue weighted by atomic mass is 9.90. The Balaban J connectivity index is 2.26. The summed E-state index contributed by atoms with van der Waals surface area (Å²) in [6.07, 6.45) is 1.04. The lowest BCUT2D eigenvalue weighted by molar-refractivity contribution is -0.384. The van der Waals surface area contributed by atoms with E-state index in [1.54, 1.807) is 24.1 Å². The second kappa shape index (κ2) is 6.64. The summed E-state index contributed by atoms with van der Waals surface area (Å²) < 4.78 is 5.04. The lowest BCUT2D eigenvalue weighted by Crippen LogP contribution is -2.49. The molecule has 1 heterocycles. The molecule has 2 rings (SSSR count). The van der Waals surface area contributed by atoms with Gasteiger partial charge in [-0.1, -0.05) is 12.1 Å². The molecule has 2 atom stereocenters. The van der Waals surface area contributed by atoms with Gasteiger partial charge in [-0.15, -0.1) is 0 Å². The predicted octanol–water partition coefficient (Wildman–Crippen LogP) is 1.23. The van der Waals surface area contributed by atoms with Gasteiger partial charge in [-0.25, -0.2) is 0 Å². The molecule has 2 N–H and O–H groups in total. The molecule has 114 valence electrons. The van der Waals surface area contributed by atoms with Crippen LogP contribution in [0.3, 0.4) is 0 Å². The number of carbonyl (C=O) groups excluding carboxylic acids is 1. The van der Waals surface area contributed by atoms with Crippen LogP contribution in [0.2, 0.25) is 0 Å². The van der Waals surface area contributed by atoms with Crippen LogP contribution in [0.25, 0.3) is 0 Å². The third-order valence-electron chi connectivity index (χ3n) is 3.73. The van der Waals surface area contributed by atoms with Gasteiger partial charge in [-0.05, 0) is 12.0 Å². The normalized spacial score (nSPS) is 22.4. The molecule has 7 heteroatoms. The van der Waals surface area contributed by atoms with E-state index in [2.05, 4.69) is 0 Å². The average Bonchev–Trinajstić information content (AvgIpc) is 2.48. The van der Waals surface area contributed by atoms with E-state index in [0.29, 0.717) is 26.0 Å². The van der Waals surface area contributed by atoms with Crippen molar-refractivity contribution >= 4 is 11.6 Å². The van der Waals surface area contributed by atoms with E-state index in [0.717, 1.165) is 5.56 Å². The number of rotatable bonds is 5. The minimum absolute atomic E-state index is 0.0258. The van der Waals surface area contributed by atoms with Crippen LogP contribution in [-0.4, -0.2) is 42.0 Å². The lowest BCUT2D eigenvalue weighted by Gasteiger charge is -2.39. The van der Waals surface area contributed by atoms with Crippen LogP contribution >= 0.6 is 0 Å². The molecule has 1 fully saturated rings. The summed E-state index contributed by atoms with van der Waals surface area (Å²) in [5, 5.41) is 10.7. The SMILES string of the molecule is COCCN1C(=O)CCC(N)C1c1ccc([N+](=O)[O-])cc1. The Hall–Kier alpha value is -1.99. The quantitative estimate of drug-likeness (QED) is 0.650. The summed E-state index contributed by atoms with van der Waals surface area (Å²) in [5.74, 6) is 0.0390. The van der Waals surface area contributed by atoms with Gasteiger partial charge < -0.3 is 15.4 Å². The van der Waals surface area contributed by atoms with E-state index < -0.39 is 4.92 Å². The Morgan fingerprint density at radius 2 is 2.10 bits per heavy atom. The number of non-ortho nitro benzene ring substituents is 1. The molecule has 0 aromatic heterocycles. The van der Waals surface area contributed by atoms with Crippen molar-refractivity contribution in [1.29, 1.82) is 0 Å². The number of nitrogens with two attached hydrogens (primary N) is 1. The number of carbonyl (C=O) groups is 1. The first-order valence-corrected chi connectivity index (χ1v) is 6.83. The Kier molecular flexibility index (Phi) is 4.87. The fraction of sp³-hybridized carbons (Fsp3) is 0.500. The van der Waals surface area contributed by atoms with Crippen LogP contribution in [0.15, 0.2) is 24.3 Å². The minimum Gasteiger partial charge on any atom is -0.383 e. The fourth-order valence-electron chi connectivity index (χ4n) is 2.65. The van der Waals surface area contributed by atoms with Crippen LogP contribution in [0.5, 0.6) is 0 Å². The van der Waals surface area contributed by atoms with Gasteiger partial charge in [0.1, 0.15) is 0 Å². The number of amides is 1. The zero-order chi connectivity index (χ0) is 15.4. The summed E-state index contributed by atoms with van der Waals surface area (Å²) in [7, 11) is 1.58. The third kappa shape index (κ3) is 3.37. The topological polar surface area (TPSA) is 98.7 Å². The largest absolute Gasteiger partial charge is 0.383 e. The van der Waals surface area contributed by atoms with E-state index in [1.807, 2.05) is 0 Å². The summed E-state index contributed by atoms with van der Waals surface area (Å²) in [6.45, 7) is 0.895. The highest BCUT2D eigenvalue weighted by molar-refractivity contribution is 5.78. The molecule has 1 aromatic carbocycles. The van der Waals surface area contributed by atoms with Gasteiger partial charge in [0.05, 0.1) is 17.6 Å². The molecule has 0 radical (unpaired) electrons. The molecule has 1 amide bonds. The first kappa shape index (κ1) is 15.4. The van der Waals surface area contributed by atoms with Gasteiger partial charge in [-0.2, -0.15) is 0 Å². The van der Waals surface area contributed by atoms with Crippen molar-refractivity contribution in [2.45, 2.75) is 24.9 Å². The van der Waals surface area contributed by atoms with Crippen LogP contribution < -0.4 is 5.73 Å². The highest BCUT2D eigenvalue weighted by Crippen LogP contribution is 2.31. The number of nitrogens with zero attached hydrogens (tertiary/aromatic N) is 2. The molecule has 21 heavy (non-hydrogen) atoms. The van der Waals surface area contributed by atoms with E-state index in [4.69, 9.17) is 10.5 Å². The van der Waals surface area contributed by atoms with Gasteiger partial charge >= 0.3 is 0 Å². The number of benzene rings is 1. The molecule has 1 aliphatic rings. The molecule has 7 nitrogen and oxygen atoms in total. The van der Waals surface area contributed by atoms with Gasteiger partial charge in [-0.3, -0.25) is 14.9 Å². The number of hydrogen-bond donors (Lipinski definition) is 1. The number of methoxy groups -OCH3 is 1. The van der Waals surface area contributed by atoms with E-state index in [1.165, 1.54) is 12.1 Å². The summed E-state index contributed by atoms with van der Waals surface area (Å²) >= 11 is 0. The minimum atomic E-state index is -0.446. The van der Waals surface area contributed by atoms with Crippen molar-refractivity contribution in [1.82, 2.24) is 4.90 Å². The maximum absolute atomic E-state index is 12.1. The number of likely N-dealkylation sites (tertiary alicyclic amines) is 1. The van der Waals surface area contributed by atoms with Crippen molar-refractivity contribution < 1.29 is 14.5 Å². The zero-order valence-corrected chi connectivity index (χ0v) is 11.9. The van der Waals surface area contributed by atoms with Crippen LogP contribution in [0, 0.1) is 10.1 Å². The van der Waals surface area contributed by atoms with Gasteiger partial charge in [0, 0.05) is 38.2 Å². The Bertz CT molecular complexity index is 517. The standard InChI is InChI=1S/C14H19N3O4/c1-21-9-8-16-13(18)7-6-12(15)14(16)10-2-4-11(5-3-10)17(19)20/h2-5,12,14H,6-9,15H2,1H3. The maximum atomic E-state index is 12.1. The van der Waals surface area contributed by atoms with Crippen LogP contribution in [-0.2, 0) is 9.53 Å². The second-order valence-electron chi connectivity index (χ2n) is 5.08. The number of ether oxygens (including phenoxy) is 1. The van der Waals surface area contributed by atoms with Crippen LogP contribution in [0.4, 0.5) is 5.69 Å². The third-order valence-corrected chi connectivity index (χ3v) is 3.73. The molecule has 0 aliphatic carbocycles. The summed E-state index contributed by atoms with van der Waals surface area (Å²) in [5.41, 5.74) is 7.01. The van der Waals surface area contributed by atoms with Crippen molar-refractivity contribution in [2.24, 2.45) is 5.73 Å². The number of nitro groups is 1. The monoisotopic (exact) mass is 293 g/mol. The molecular weight excluding hydrogens is 274 g/mol. The fourth-order valence-corrected chi connectivity index (χ4v) is 2.65. The molecule has 2 unspecified atom stereocenters. The summed E-state index contributed by atoms with van der Waals surface area (Å²) in [6, 6.07) is 5.77.